The summed E-state index contributed by atoms with van der Waals surface area (Å²) in [5.74, 6) is 1.23. The second-order valence-electron chi connectivity index (χ2n) is 6.59. The van der Waals surface area contributed by atoms with Gasteiger partial charge in [0.15, 0.2) is 11.5 Å². The van der Waals surface area contributed by atoms with Crippen molar-refractivity contribution in [2.75, 3.05) is 68.1 Å². The highest BCUT2D eigenvalue weighted by molar-refractivity contribution is 5.98. The highest BCUT2D eigenvalue weighted by Crippen LogP contribution is 2.40. The molecule has 0 aliphatic carbocycles. The summed E-state index contributed by atoms with van der Waals surface area (Å²) in [6.45, 7) is 2.99. The molecule has 1 aliphatic rings. The molecule has 0 N–H and O–H groups in total. The number of rotatable bonds is 6. The van der Waals surface area contributed by atoms with Gasteiger partial charge in [-0.25, -0.2) is 0 Å². The second kappa shape index (κ2) is 9.45. The van der Waals surface area contributed by atoms with E-state index in [1.54, 1.807) is 36.0 Å². The molecule has 2 amide bonds. The zero-order valence-electron chi connectivity index (χ0n) is 16.8. The Labute approximate surface area is 160 Å². The maximum Gasteiger partial charge on any atom is 0.257 e. The first-order valence-electron chi connectivity index (χ1n) is 8.93. The summed E-state index contributed by atoms with van der Waals surface area (Å²) in [5, 5.41) is 0. The number of likely N-dealkylation sites (N-methyl/N-ethyl adjacent to an activating group) is 1. The Morgan fingerprint density at radius 2 is 1.67 bits per heavy atom. The zero-order chi connectivity index (χ0) is 20.0. The molecule has 0 unspecified atom stereocenters. The van der Waals surface area contributed by atoms with Crippen LogP contribution in [0, 0.1) is 0 Å². The molecule has 1 aromatic carbocycles. The van der Waals surface area contributed by atoms with Gasteiger partial charge in [0.05, 0.1) is 33.4 Å². The molecule has 8 nitrogen and oxygen atoms in total. The lowest BCUT2D eigenvalue weighted by molar-refractivity contribution is -0.129. The lowest BCUT2D eigenvalue weighted by Crippen LogP contribution is -2.39. The molecule has 1 saturated heterocycles. The molecular weight excluding hydrogens is 350 g/mol. The van der Waals surface area contributed by atoms with Crippen molar-refractivity contribution in [1.82, 2.24) is 14.7 Å². The van der Waals surface area contributed by atoms with Crippen LogP contribution in [0.25, 0.3) is 0 Å². The third-order valence-corrected chi connectivity index (χ3v) is 4.67. The number of amides is 2. The number of benzene rings is 1. The van der Waals surface area contributed by atoms with Gasteiger partial charge in [0.1, 0.15) is 0 Å². The first kappa shape index (κ1) is 20.8. The molecule has 0 aromatic heterocycles. The Morgan fingerprint density at radius 1 is 0.963 bits per heavy atom. The Morgan fingerprint density at radius 3 is 2.26 bits per heavy atom. The maximum atomic E-state index is 13.1. The van der Waals surface area contributed by atoms with Crippen LogP contribution in [0.4, 0.5) is 0 Å². The molecule has 0 atom stereocenters. The summed E-state index contributed by atoms with van der Waals surface area (Å²) in [7, 11) is 8.06. The van der Waals surface area contributed by atoms with Gasteiger partial charge in [0.25, 0.3) is 5.91 Å². The lowest BCUT2D eigenvalue weighted by Gasteiger charge is -2.24. The van der Waals surface area contributed by atoms with E-state index in [2.05, 4.69) is 4.90 Å². The monoisotopic (exact) mass is 379 g/mol. The van der Waals surface area contributed by atoms with Crippen molar-refractivity contribution in [1.29, 1.82) is 0 Å². The quantitative estimate of drug-likeness (QED) is 0.733. The number of hydrogen-bond acceptors (Lipinski definition) is 6. The number of carbonyl (C=O) groups excluding carboxylic acids is 2. The minimum atomic E-state index is -0.117. The van der Waals surface area contributed by atoms with Crippen molar-refractivity contribution in [2.24, 2.45) is 0 Å². The van der Waals surface area contributed by atoms with Gasteiger partial charge in [-0.05, 0) is 18.6 Å². The molecule has 0 spiro atoms. The topological polar surface area (TPSA) is 71.6 Å². The zero-order valence-corrected chi connectivity index (χ0v) is 16.8. The number of hydrogen-bond donors (Lipinski definition) is 0. The fraction of sp³-hybridized carbons (Fsp3) is 0.579. The van der Waals surface area contributed by atoms with Crippen LogP contribution >= 0.6 is 0 Å². The first-order valence-corrected chi connectivity index (χ1v) is 8.93. The van der Waals surface area contributed by atoms with Gasteiger partial charge >= 0.3 is 0 Å². The molecule has 0 saturated carbocycles. The molecule has 27 heavy (non-hydrogen) atoms. The van der Waals surface area contributed by atoms with Crippen LogP contribution in [0.5, 0.6) is 17.2 Å². The summed E-state index contributed by atoms with van der Waals surface area (Å²) in [6, 6.07) is 3.40. The SMILES string of the molecule is COc1ccc(C(=O)N2CCCN(CC(=O)N(C)C)CC2)c(OC)c1OC. The third-order valence-electron chi connectivity index (χ3n) is 4.67. The predicted octanol–water partition coefficient (Wildman–Crippen LogP) is 0.949. The Balaban J connectivity index is 2.15. The minimum absolute atomic E-state index is 0.0661. The van der Waals surface area contributed by atoms with E-state index in [1.165, 1.54) is 21.3 Å². The maximum absolute atomic E-state index is 13.1. The van der Waals surface area contributed by atoms with Crippen LogP contribution in [0.2, 0.25) is 0 Å². The van der Waals surface area contributed by atoms with E-state index in [9.17, 15) is 9.59 Å². The molecule has 1 fully saturated rings. The molecule has 8 heteroatoms. The first-order chi connectivity index (χ1) is 12.9. The van der Waals surface area contributed by atoms with Crippen LogP contribution in [0.1, 0.15) is 16.8 Å². The van der Waals surface area contributed by atoms with Crippen molar-refractivity contribution in [3.63, 3.8) is 0 Å². The van der Waals surface area contributed by atoms with Crippen LogP contribution in [0.3, 0.4) is 0 Å². The predicted molar refractivity (Wildman–Crippen MR) is 102 cm³/mol. The van der Waals surface area contributed by atoms with E-state index in [0.717, 1.165) is 13.0 Å². The summed E-state index contributed by atoms with van der Waals surface area (Å²) in [6.07, 6.45) is 0.808. The molecule has 1 aliphatic heterocycles. The van der Waals surface area contributed by atoms with Crippen molar-refractivity contribution in [3.8, 4) is 17.2 Å². The highest BCUT2D eigenvalue weighted by Gasteiger charge is 2.26. The highest BCUT2D eigenvalue weighted by atomic mass is 16.5. The van der Waals surface area contributed by atoms with Crippen molar-refractivity contribution in [3.05, 3.63) is 17.7 Å². The van der Waals surface area contributed by atoms with E-state index in [1.807, 2.05) is 0 Å². The van der Waals surface area contributed by atoms with Gasteiger partial charge in [0.2, 0.25) is 11.7 Å². The summed E-state index contributed by atoms with van der Waals surface area (Å²) >= 11 is 0. The minimum Gasteiger partial charge on any atom is -0.493 e. The van der Waals surface area contributed by atoms with E-state index in [-0.39, 0.29) is 11.8 Å². The average Bonchev–Trinajstić information content (AvgIpc) is 2.91. The number of carbonyl (C=O) groups is 2. The van der Waals surface area contributed by atoms with E-state index in [4.69, 9.17) is 14.2 Å². The molecule has 1 aromatic rings. The average molecular weight is 379 g/mol. The number of ether oxygens (including phenoxy) is 3. The Bertz CT molecular complexity index is 678. The number of methoxy groups -OCH3 is 3. The molecular formula is C19H29N3O5. The lowest BCUT2D eigenvalue weighted by atomic mass is 10.1. The smallest absolute Gasteiger partial charge is 0.257 e. The van der Waals surface area contributed by atoms with Crippen LogP contribution in [-0.4, -0.2) is 94.7 Å². The summed E-state index contributed by atoms with van der Waals surface area (Å²) in [5.41, 5.74) is 0.438. The van der Waals surface area contributed by atoms with Crippen molar-refractivity contribution in [2.45, 2.75) is 6.42 Å². The molecule has 2 rings (SSSR count). The fourth-order valence-corrected chi connectivity index (χ4v) is 3.10. The van der Waals surface area contributed by atoms with E-state index < -0.39 is 0 Å². The molecule has 0 radical (unpaired) electrons. The second-order valence-corrected chi connectivity index (χ2v) is 6.59. The normalized spacial score (nSPS) is 15.1. The van der Waals surface area contributed by atoms with E-state index in [0.29, 0.717) is 49.0 Å². The molecule has 1 heterocycles. The Kier molecular flexibility index (Phi) is 7.29. The van der Waals surface area contributed by atoms with Crippen LogP contribution in [0.15, 0.2) is 12.1 Å². The fourth-order valence-electron chi connectivity index (χ4n) is 3.10. The van der Waals surface area contributed by atoms with E-state index >= 15 is 0 Å². The van der Waals surface area contributed by atoms with Gasteiger partial charge in [-0.2, -0.15) is 0 Å². The van der Waals surface area contributed by atoms with Crippen LogP contribution in [-0.2, 0) is 4.79 Å². The van der Waals surface area contributed by atoms with Gasteiger partial charge in [-0.1, -0.05) is 0 Å². The standard InChI is InChI=1S/C19H29N3O5/c1-20(2)16(23)13-21-9-6-10-22(12-11-21)19(24)14-7-8-15(25-3)18(27-5)17(14)26-4/h7-8H,6,9-13H2,1-5H3. The van der Waals surface area contributed by atoms with Gasteiger partial charge < -0.3 is 24.0 Å². The largest absolute Gasteiger partial charge is 0.493 e. The van der Waals surface area contributed by atoms with Gasteiger partial charge in [0, 0.05) is 40.3 Å². The summed E-state index contributed by atoms with van der Waals surface area (Å²) < 4.78 is 16.1. The number of nitrogens with zero attached hydrogens (tertiary/aromatic N) is 3. The molecule has 0 bridgehead atoms. The van der Waals surface area contributed by atoms with Gasteiger partial charge in [-0.15, -0.1) is 0 Å². The van der Waals surface area contributed by atoms with Crippen molar-refractivity contribution < 1.29 is 23.8 Å². The third kappa shape index (κ3) is 4.82. The Hall–Kier alpha value is -2.48. The van der Waals surface area contributed by atoms with Crippen molar-refractivity contribution >= 4 is 11.8 Å². The molecule has 150 valence electrons. The van der Waals surface area contributed by atoms with Gasteiger partial charge in [-0.3, -0.25) is 14.5 Å². The van der Waals surface area contributed by atoms with Crippen LogP contribution < -0.4 is 14.2 Å². The summed E-state index contributed by atoms with van der Waals surface area (Å²) in [4.78, 5) is 30.5.